The zero-order valence-corrected chi connectivity index (χ0v) is 7.74. The van der Waals surface area contributed by atoms with Gasteiger partial charge in [-0.1, -0.05) is 5.92 Å². The Balaban J connectivity index is 1.78. The lowest BCUT2D eigenvalue weighted by Crippen LogP contribution is -2.35. The van der Waals surface area contributed by atoms with Crippen molar-refractivity contribution in [3.63, 3.8) is 0 Å². The van der Waals surface area contributed by atoms with Crippen LogP contribution in [0.3, 0.4) is 0 Å². The van der Waals surface area contributed by atoms with Crippen LogP contribution in [0.5, 0.6) is 0 Å². The SMILES string of the molecule is C#CCN(CC1OCCO1)C1CC1. The van der Waals surface area contributed by atoms with Gasteiger partial charge in [0.15, 0.2) is 6.29 Å². The quantitative estimate of drug-likeness (QED) is 0.588. The van der Waals surface area contributed by atoms with Gasteiger partial charge in [0.05, 0.1) is 26.3 Å². The number of hydrogen-bond donors (Lipinski definition) is 0. The molecule has 2 fully saturated rings. The number of terminal acetylenes is 1. The third-order valence-electron chi connectivity index (χ3n) is 2.43. The molecule has 0 aromatic heterocycles. The van der Waals surface area contributed by atoms with Crippen LogP contribution in [0.2, 0.25) is 0 Å². The second kappa shape index (κ2) is 4.10. The van der Waals surface area contributed by atoms with Crippen LogP contribution in [0.25, 0.3) is 0 Å². The summed E-state index contributed by atoms with van der Waals surface area (Å²) in [5, 5.41) is 0. The van der Waals surface area contributed by atoms with E-state index in [1.165, 1.54) is 12.8 Å². The van der Waals surface area contributed by atoms with Crippen LogP contribution in [0.4, 0.5) is 0 Å². The van der Waals surface area contributed by atoms with Gasteiger partial charge in [0.2, 0.25) is 0 Å². The van der Waals surface area contributed by atoms with Crippen LogP contribution in [0, 0.1) is 12.3 Å². The van der Waals surface area contributed by atoms with E-state index in [1.54, 1.807) is 0 Å². The topological polar surface area (TPSA) is 21.7 Å². The summed E-state index contributed by atoms with van der Waals surface area (Å²) in [5.74, 6) is 2.68. The molecule has 1 aliphatic heterocycles. The average molecular weight is 181 g/mol. The molecule has 0 spiro atoms. The van der Waals surface area contributed by atoms with E-state index in [0.717, 1.165) is 19.8 Å². The first-order valence-corrected chi connectivity index (χ1v) is 4.81. The Hall–Kier alpha value is -0.560. The van der Waals surface area contributed by atoms with Crippen molar-refractivity contribution in [1.29, 1.82) is 0 Å². The van der Waals surface area contributed by atoms with Gasteiger partial charge in [0, 0.05) is 6.04 Å². The van der Waals surface area contributed by atoms with Gasteiger partial charge in [-0.15, -0.1) is 6.42 Å². The summed E-state index contributed by atoms with van der Waals surface area (Å²) in [6.07, 6.45) is 7.79. The largest absolute Gasteiger partial charge is 0.349 e. The summed E-state index contributed by atoms with van der Waals surface area (Å²) < 4.78 is 10.8. The first-order valence-electron chi connectivity index (χ1n) is 4.81. The maximum atomic E-state index is 5.38. The molecule has 2 aliphatic rings. The van der Waals surface area contributed by atoms with E-state index in [9.17, 15) is 0 Å². The first kappa shape index (κ1) is 9.01. The molecule has 1 heterocycles. The molecule has 1 aliphatic carbocycles. The Kier molecular flexibility index (Phi) is 2.84. The van der Waals surface area contributed by atoms with Crippen molar-refractivity contribution < 1.29 is 9.47 Å². The lowest BCUT2D eigenvalue weighted by atomic mass is 10.4. The zero-order chi connectivity index (χ0) is 9.10. The van der Waals surface area contributed by atoms with Crippen LogP contribution < -0.4 is 0 Å². The Bertz CT molecular complexity index is 201. The minimum Gasteiger partial charge on any atom is -0.349 e. The van der Waals surface area contributed by atoms with Gasteiger partial charge in [-0.3, -0.25) is 4.90 Å². The van der Waals surface area contributed by atoms with Gasteiger partial charge < -0.3 is 9.47 Å². The zero-order valence-electron chi connectivity index (χ0n) is 7.74. The Morgan fingerprint density at radius 1 is 1.31 bits per heavy atom. The third kappa shape index (κ3) is 2.44. The van der Waals surface area contributed by atoms with Crippen molar-refractivity contribution in [3.05, 3.63) is 0 Å². The van der Waals surface area contributed by atoms with Crippen LogP contribution in [0.1, 0.15) is 12.8 Å². The molecular formula is C10H15NO2. The average Bonchev–Trinajstić information content (AvgIpc) is 2.85. The summed E-state index contributed by atoms with van der Waals surface area (Å²) in [6.45, 7) is 2.99. The van der Waals surface area contributed by atoms with Gasteiger partial charge in [0.25, 0.3) is 0 Å². The molecule has 0 bridgehead atoms. The number of rotatable bonds is 4. The fourth-order valence-electron chi connectivity index (χ4n) is 1.60. The van der Waals surface area contributed by atoms with E-state index in [2.05, 4.69) is 10.8 Å². The Labute approximate surface area is 79.0 Å². The fraction of sp³-hybridized carbons (Fsp3) is 0.800. The van der Waals surface area contributed by atoms with Gasteiger partial charge in [0.1, 0.15) is 0 Å². The minimum atomic E-state index is -0.0473. The van der Waals surface area contributed by atoms with E-state index in [4.69, 9.17) is 15.9 Å². The van der Waals surface area contributed by atoms with Gasteiger partial charge in [-0.2, -0.15) is 0 Å². The van der Waals surface area contributed by atoms with Crippen molar-refractivity contribution in [2.75, 3.05) is 26.3 Å². The maximum absolute atomic E-state index is 5.38. The molecule has 0 aromatic rings. The summed E-state index contributed by atoms with van der Waals surface area (Å²) >= 11 is 0. The lowest BCUT2D eigenvalue weighted by Gasteiger charge is -2.21. The van der Waals surface area contributed by atoms with Crippen LogP contribution >= 0.6 is 0 Å². The highest BCUT2D eigenvalue weighted by atomic mass is 16.7. The molecular weight excluding hydrogens is 166 g/mol. The van der Waals surface area contributed by atoms with E-state index >= 15 is 0 Å². The van der Waals surface area contributed by atoms with Crippen molar-refractivity contribution in [2.45, 2.75) is 25.2 Å². The van der Waals surface area contributed by atoms with E-state index in [0.29, 0.717) is 12.6 Å². The molecule has 3 heteroatoms. The highest BCUT2D eigenvalue weighted by molar-refractivity contribution is 4.94. The smallest absolute Gasteiger partial charge is 0.170 e. The van der Waals surface area contributed by atoms with E-state index in [1.807, 2.05) is 0 Å². The molecule has 0 aromatic carbocycles. The molecule has 1 saturated heterocycles. The molecule has 0 radical (unpaired) electrons. The van der Waals surface area contributed by atoms with E-state index < -0.39 is 0 Å². The van der Waals surface area contributed by atoms with Gasteiger partial charge in [-0.05, 0) is 12.8 Å². The van der Waals surface area contributed by atoms with Gasteiger partial charge in [-0.25, -0.2) is 0 Å². The summed E-state index contributed by atoms with van der Waals surface area (Å²) in [5.41, 5.74) is 0. The van der Waals surface area contributed by atoms with Crippen molar-refractivity contribution in [1.82, 2.24) is 4.90 Å². The van der Waals surface area contributed by atoms with E-state index in [-0.39, 0.29) is 6.29 Å². The Morgan fingerprint density at radius 3 is 2.54 bits per heavy atom. The molecule has 3 nitrogen and oxygen atoms in total. The molecule has 1 saturated carbocycles. The standard InChI is InChI=1S/C10H15NO2/c1-2-5-11(9-3-4-9)8-10-12-6-7-13-10/h1,9-10H,3-8H2. The number of ether oxygens (including phenoxy) is 2. The van der Waals surface area contributed by atoms with Crippen molar-refractivity contribution >= 4 is 0 Å². The minimum absolute atomic E-state index is 0.0473. The highest BCUT2D eigenvalue weighted by Crippen LogP contribution is 2.27. The molecule has 13 heavy (non-hydrogen) atoms. The maximum Gasteiger partial charge on any atom is 0.170 e. The molecule has 0 amide bonds. The molecule has 0 unspecified atom stereocenters. The summed E-state index contributed by atoms with van der Waals surface area (Å²) in [6, 6.07) is 0.684. The predicted octanol–water partition coefficient (Wildman–Crippen LogP) is 0.457. The van der Waals surface area contributed by atoms with Crippen molar-refractivity contribution in [3.8, 4) is 12.3 Å². The van der Waals surface area contributed by atoms with Crippen molar-refractivity contribution in [2.24, 2.45) is 0 Å². The van der Waals surface area contributed by atoms with Crippen LogP contribution in [-0.2, 0) is 9.47 Å². The second-order valence-electron chi connectivity index (χ2n) is 3.54. The fourth-order valence-corrected chi connectivity index (χ4v) is 1.60. The molecule has 72 valence electrons. The monoisotopic (exact) mass is 181 g/mol. The van der Waals surface area contributed by atoms with Crippen LogP contribution in [0.15, 0.2) is 0 Å². The predicted molar refractivity (Wildman–Crippen MR) is 49.1 cm³/mol. The number of nitrogens with zero attached hydrogens (tertiary/aromatic N) is 1. The molecule has 2 rings (SSSR count). The normalized spacial score (nSPS) is 23.7. The Morgan fingerprint density at radius 2 is 2.00 bits per heavy atom. The molecule has 0 N–H and O–H groups in total. The summed E-state index contributed by atoms with van der Waals surface area (Å²) in [4.78, 5) is 2.27. The lowest BCUT2D eigenvalue weighted by molar-refractivity contribution is -0.0613. The summed E-state index contributed by atoms with van der Waals surface area (Å²) in [7, 11) is 0. The van der Waals surface area contributed by atoms with Crippen LogP contribution in [-0.4, -0.2) is 43.5 Å². The first-order chi connectivity index (χ1) is 6.40. The number of hydrogen-bond acceptors (Lipinski definition) is 3. The third-order valence-corrected chi connectivity index (χ3v) is 2.43. The second-order valence-corrected chi connectivity index (χ2v) is 3.54. The molecule has 0 atom stereocenters. The highest BCUT2D eigenvalue weighted by Gasteiger charge is 2.31. The van der Waals surface area contributed by atoms with Gasteiger partial charge >= 0.3 is 0 Å².